The molecule has 2 rings (SSSR count). The first-order valence-corrected chi connectivity index (χ1v) is 7.83. The summed E-state index contributed by atoms with van der Waals surface area (Å²) >= 11 is 0. The Balaban J connectivity index is 2.35. The molecule has 0 saturated heterocycles. The Morgan fingerprint density at radius 2 is 2.00 bits per heavy atom. The molecular weight excluding hydrogens is 266 g/mol. The largest absolute Gasteiger partial charge is 0.480 e. The highest BCUT2D eigenvalue weighted by atomic mass is 16.5. The van der Waals surface area contributed by atoms with E-state index < -0.39 is 0 Å². The van der Waals surface area contributed by atoms with Crippen LogP contribution in [-0.2, 0) is 0 Å². The van der Waals surface area contributed by atoms with Crippen molar-refractivity contribution in [3.8, 4) is 11.8 Å². The van der Waals surface area contributed by atoms with E-state index in [2.05, 4.69) is 29.1 Å². The minimum atomic E-state index is 0.174. The Morgan fingerprint density at radius 3 is 2.57 bits per heavy atom. The van der Waals surface area contributed by atoms with E-state index in [1.807, 2.05) is 0 Å². The monoisotopic (exact) mass is 293 g/mol. The van der Waals surface area contributed by atoms with Gasteiger partial charge in [0.15, 0.2) is 0 Å². The summed E-state index contributed by atoms with van der Waals surface area (Å²) in [7, 11) is 3.23. The van der Waals surface area contributed by atoms with Gasteiger partial charge < -0.3 is 14.8 Å². The molecule has 0 aliphatic heterocycles. The van der Waals surface area contributed by atoms with Gasteiger partial charge in [-0.3, -0.25) is 0 Å². The second-order valence-electron chi connectivity index (χ2n) is 6.06. The molecule has 5 heteroatoms. The van der Waals surface area contributed by atoms with Crippen LogP contribution in [0.1, 0.15) is 57.7 Å². The van der Waals surface area contributed by atoms with E-state index in [0.717, 1.165) is 18.7 Å². The lowest BCUT2D eigenvalue weighted by Gasteiger charge is -2.35. The maximum atomic E-state index is 5.46. The van der Waals surface area contributed by atoms with Gasteiger partial charge >= 0.3 is 0 Å². The van der Waals surface area contributed by atoms with Crippen LogP contribution in [0.4, 0.5) is 0 Å². The van der Waals surface area contributed by atoms with Crippen LogP contribution in [0.15, 0.2) is 6.20 Å². The third-order valence-electron chi connectivity index (χ3n) is 4.46. The Morgan fingerprint density at radius 1 is 1.29 bits per heavy atom. The van der Waals surface area contributed by atoms with Gasteiger partial charge in [0, 0.05) is 0 Å². The van der Waals surface area contributed by atoms with Gasteiger partial charge in [0.05, 0.1) is 26.5 Å². The highest BCUT2D eigenvalue weighted by Gasteiger charge is 2.40. The fourth-order valence-electron chi connectivity index (χ4n) is 3.25. The minimum Gasteiger partial charge on any atom is -0.480 e. The number of ether oxygens (including phenoxy) is 2. The van der Waals surface area contributed by atoms with Crippen LogP contribution in [0.3, 0.4) is 0 Å². The number of hydrogen-bond acceptors (Lipinski definition) is 5. The van der Waals surface area contributed by atoms with Crippen molar-refractivity contribution in [2.75, 3.05) is 20.8 Å². The molecule has 0 bridgehead atoms. The normalized spacial score (nSPS) is 18.5. The van der Waals surface area contributed by atoms with Gasteiger partial charge in [-0.25, -0.2) is 4.98 Å². The zero-order valence-electron chi connectivity index (χ0n) is 13.6. The molecule has 1 heterocycles. The lowest BCUT2D eigenvalue weighted by atomic mass is 9.79. The van der Waals surface area contributed by atoms with Gasteiger partial charge in [0.1, 0.15) is 5.69 Å². The topological polar surface area (TPSA) is 56.3 Å². The second-order valence-corrected chi connectivity index (χ2v) is 6.06. The van der Waals surface area contributed by atoms with E-state index in [4.69, 9.17) is 9.47 Å². The maximum Gasteiger partial charge on any atom is 0.240 e. The molecule has 118 valence electrons. The quantitative estimate of drug-likeness (QED) is 0.837. The molecule has 0 aromatic carbocycles. The van der Waals surface area contributed by atoms with Crippen molar-refractivity contribution in [2.45, 2.75) is 52.0 Å². The van der Waals surface area contributed by atoms with E-state index in [1.54, 1.807) is 20.4 Å². The Kier molecular flexibility index (Phi) is 5.39. The molecule has 1 saturated carbocycles. The molecule has 1 aromatic heterocycles. The van der Waals surface area contributed by atoms with Crippen molar-refractivity contribution >= 4 is 0 Å². The predicted octanol–water partition coefficient (Wildman–Crippen LogP) is 3.11. The smallest absolute Gasteiger partial charge is 0.240 e. The molecule has 0 amide bonds. The highest BCUT2D eigenvalue weighted by molar-refractivity contribution is 5.27. The van der Waals surface area contributed by atoms with Crippen molar-refractivity contribution in [1.82, 2.24) is 15.3 Å². The minimum absolute atomic E-state index is 0.174. The van der Waals surface area contributed by atoms with Gasteiger partial charge in [-0.2, -0.15) is 4.98 Å². The maximum absolute atomic E-state index is 5.46. The van der Waals surface area contributed by atoms with Crippen molar-refractivity contribution in [3.05, 3.63) is 11.9 Å². The standard InChI is InChI=1S/C16H27N3O2/c1-5-10-17-14(16(2)8-6-7-9-16)13-15(21-4)19-12(20-3)11-18-13/h11,14,17H,5-10H2,1-4H3. The summed E-state index contributed by atoms with van der Waals surface area (Å²) in [6.45, 7) is 5.49. The Hall–Kier alpha value is -1.36. The number of rotatable bonds is 7. The average molecular weight is 293 g/mol. The van der Waals surface area contributed by atoms with Crippen LogP contribution >= 0.6 is 0 Å². The number of aromatic nitrogens is 2. The zero-order chi connectivity index (χ0) is 15.3. The van der Waals surface area contributed by atoms with Crippen molar-refractivity contribution in [2.24, 2.45) is 5.41 Å². The van der Waals surface area contributed by atoms with E-state index in [0.29, 0.717) is 11.8 Å². The van der Waals surface area contributed by atoms with E-state index in [-0.39, 0.29) is 11.5 Å². The van der Waals surface area contributed by atoms with Gasteiger partial charge in [0.2, 0.25) is 11.8 Å². The number of methoxy groups -OCH3 is 2. The van der Waals surface area contributed by atoms with Gasteiger partial charge in [-0.05, 0) is 31.2 Å². The van der Waals surface area contributed by atoms with E-state index >= 15 is 0 Å². The molecule has 1 aromatic rings. The van der Waals surface area contributed by atoms with Crippen molar-refractivity contribution in [1.29, 1.82) is 0 Å². The second kappa shape index (κ2) is 7.07. The lowest BCUT2D eigenvalue weighted by Crippen LogP contribution is -2.36. The summed E-state index contributed by atoms with van der Waals surface area (Å²) in [5.41, 5.74) is 1.11. The summed E-state index contributed by atoms with van der Waals surface area (Å²) in [6.07, 6.45) is 7.77. The highest BCUT2D eigenvalue weighted by Crippen LogP contribution is 2.48. The predicted molar refractivity (Wildman–Crippen MR) is 82.7 cm³/mol. The molecule has 1 aliphatic carbocycles. The first kappa shape index (κ1) is 16.0. The molecule has 5 nitrogen and oxygen atoms in total. The van der Waals surface area contributed by atoms with Crippen LogP contribution in [0, 0.1) is 5.41 Å². The molecule has 1 unspecified atom stereocenters. The Bertz CT molecular complexity index is 459. The number of nitrogens with one attached hydrogen (secondary N) is 1. The molecule has 1 N–H and O–H groups in total. The lowest BCUT2D eigenvalue weighted by molar-refractivity contribution is 0.211. The summed E-state index contributed by atoms with van der Waals surface area (Å²) in [4.78, 5) is 8.98. The molecule has 21 heavy (non-hydrogen) atoms. The first-order chi connectivity index (χ1) is 10.1. The summed E-state index contributed by atoms with van der Waals surface area (Å²) in [5.74, 6) is 1.05. The fraction of sp³-hybridized carbons (Fsp3) is 0.750. The van der Waals surface area contributed by atoms with Crippen LogP contribution < -0.4 is 14.8 Å². The molecule has 0 radical (unpaired) electrons. The SMILES string of the molecule is CCCNC(c1ncc(OC)nc1OC)C1(C)CCCC1. The van der Waals surface area contributed by atoms with Crippen molar-refractivity contribution < 1.29 is 9.47 Å². The number of nitrogens with zero attached hydrogens (tertiary/aromatic N) is 2. The van der Waals surface area contributed by atoms with Crippen molar-refractivity contribution in [3.63, 3.8) is 0 Å². The third-order valence-corrected chi connectivity index (χ3v) is 4.46. The first-order valence-electron chi connectivity index (χ1n) is 7.83. The van der Waals surface area contributed by atoms with Gasteiger partial charge in [0.25, 0.3) is 0 Å². The van der Waals surface area contributed by atoms with Crippen LogP contribution in [0.25, 0.3) is 0 Å². The van der Waals surface area contributed by atoms with E-state index in [1.165, 1.54) is 25.7 Å². The van der Waals surface area contributed by atoms with Gasteiger partial charge in [-0.15, -0.1) is 0 Å². The summed E-state index contributed by atoms with van der Waals surface area (Å²) < 4.78 is 10.6. The molecule has 1 aliphatic rings. The fourth-order valence-corrected chi connectivity index (χ4v) is 3.25. The summed E-state index contributed by atoms with van der Waals surface area (Å²) in [6, 6.07) is 0.174. The van der Waals surface area contributed by atoms with E-state index in [9.17, 15) is 0 Å². The third kappa shape index (κ3) is 3.46. The molecule has 1 atom stereocenters. The van der Waals surface area contributed by atoms with Gasteiger partial charge in [-0.1, -0.05) is 26.7 Å². The van der Waals surface area contributed by atoms with Crippen LogP contribution in [0.2, 0.25) is 0 Å². The summed E-state index contributed by atoms with van der Waals surface area (Å²) in [5, 5.41) is 3.66. The molecule has 1 fully saturated rings. The zero-order valence-corrected chi connectivity index (χ0v) is 13.6. The molecular formula is C16H27N3O2. The Labute approximate surface area is 127 Å². The molecule has 0 spiro atoms. The van der Waals surface area contributed by atoms with Crippen LogP contribution in [0.5, 0.6) is 11.8 Å². The average Bonchev–Trinajstić information content (AvgIpc) is 2.95. The number of hydrogen-bond donors (Lipinski definition) is 1. The van der Waals surface area contributed by atoms with Crippen LogP contribution in [-0.4, -0.2) is 30.7 Å².